The SMILES string of the molecule is O=C(Cc1ccccc1)Cc1ccc(CCCCO)nn1. The van der Waals surface area contributed by atoms with Gasteiger partial charge < -0.3 is 5.11 Å². The summed E-state index contributed by atoms with van der Waals surface area (Å²) in [5, 5.41) is 17.0. The van der Waals surface area contributed by atoms with E-state index in [0.717, 1.165) is 30.5 Å². The molecule has 4 nitrogen and oxygen atoms in total. The Morgan fingerprint density at radius 1 is 0.905 bits per heavy atom. The van der Waals surface area contributed by atoms with Crippen LogP contribution in [0.15, 0.2) is 42.5 Å². The molecule has 0 spiro atoms. The van der Waals surface area contributed by atoms with Crippen LogP contribution in [0.2, 0.25) is 0 Å². The van der Waals surface area contributed by atoms with Crippen LogP contribution in [0.3, 0.4) is 0 Å². The van der Waals surface area contributed by atoms with Crippen LogP contribution in [-0.4, -0.2) is 27.7 Å². The zero-order chi connectivity index (χ0) is 14.9. The molecule has 2 aromatic rings. The molecule has 0 fully saturated rings. The van der Waals surface area contributed by atoms with Gasteiger partial charge in [-0.1, -0.05) is 30.3 Å². The number of aryl methyl sites for hydroxylation is 1. The number of ketones is 1. The van der Waals surface area contributed by atoms with Gasteiger partial charge in [0.05, 0.1) is 17.8 Å². The van der Waals surface area contributed by atoms with Crippen molar-refractivity contribution in [3.63, 3.8) is 0 Å². The Balaban J connectivity index is 1.83. The fraction of sp³-hybridized carbons (Fsp3) is 0.353. The Morgan fingerprint density at radius 2 is 1.62 bits per heavy atom. The number of nitrogens with zero attached hydrogens (tertiary/aromatic N) is 2. The third kappa shape index (κ3) is 5.44. The Labute approximate surface area is 124 Å². The molecule has 0 unspecified atom stereocenters. The Bertz CT molecular complexity index is 553. The summed E-state index contributed by atoms with van der Waals surface area (Å²) in [4.78, 5) is 12.0. The summed E-state index contributed by atoms with van der Waals surface area (Å²) in [6.45, 7) is 0.208. The van der Waals surface area contributed by atoms with Gasteiger partial charge >= 0.3 is 0 Å². The van der Waals surface area contributed by atoms with Crippen molar-refractivity contribution in [1.29, 1.82) is 0 Å². The summed E-state index contributed by atoms with van der Waals surface area (Å²) in [5.74, 6) is 0.142. The van der Waals surface area contributed by atoms with Crippen molar-refractivity contribution in [2.75, 3.05) is 6.61 Å². The van der Waals surface area contributed by atoms with E-state index < -0.39 is 0 Å². The fourth-order valence-electron chi connectivity index (χ4n) is 2.12. The molecule has 0 saturated heterocycles. The number of carbonyl (C=O) groups is 1. The van der Waals surface area contributed by atoms with Crippen LogP contribution in [0.1, 0.15) is 29.8 Å². The molecule has 1 aromatic carbocycles. The summed E-state index contributed by atoms with van der Waals surface area (Å²) < 4.78 is 0. The standard InChI is InChI=1S/C17H20N2O2/c20-11-5-4-8-15-9-10-16(19-18-15)13-17(21)12-14-6-2-1-3-7-14/h1-3,6-7,9-10,20H,4-5,8,11-13H2. The zero-order valence-electron chi connectivity index (χ0n) is 12.0. The number of Topliss-reactive ketones (excluding diaryl/α,β-unsaturated/α-hetero) is 1. The van der Waals surface area contributed by atoms with Gasteiger partial charge in [0.2, 0.25) is 0 Å². The number of carbonyl (C=O) groups excluding carboxylic acids is 1. The number of hydrogen-bond acceptors (Lipinski definition) is 4. The van der Waals surface area contributed by atoms with Gasteiger partial charge in [0.15, 0.2) is 0 Å². The van der Waals surface area contributed by atoms with E-state index in [1.54, 1.807) is 0 Å². The van der Waals surface area contributed by atoms with E-state index >= 15 is 0 Å². The maximum Gasteiger partial charge on any atom is 0.143 e. The molecule has 0 radical (unpaired) electrons. The average Bonchev–Trinajstić information content (AvgIpc) is 2.50. The number of unbranched alkanes of at least 4 members (excludes halogenated alkanes) is 1. The topological polar surface area (TPSA) is 63.1 Å². The van der Waals surface area contributed by atoms with Crippen molar-refractivity contribution in [2.24, 2.45) is 0 Å². The van der Waals surface area contributed by atoms with Crippen molar-refractivity contribution >= 4 is 5.78 Å². The molecule has 1 N–H and O–H groups in total. The second kappa shape index (κ2) is 8.27. The second-order valence-electron chi connectivity index (χ2n) is 5.07. The van der Waals surface area contributed by atoms with Crippen LogP contribution in [0.4, 0.5) is 0 Å². The van der Waals surface area contributed by atoms with E-state index in [1.165, 1.54) is 0 Å². The Morgan fingerprint density at radius 3 is 2.29 bits per heavy atom. The summed E-state index contributed by atoms with van der Waals surface area (Å²) in [7, 11) is 0. The molecule has 0 saturated carbocycles. The lowest BCUT2D eigenvalue weighted by molar-refractivity contribution is -0.117. The molecule has 0 aliphatic heterocycles. The maximum absolute atomic E-state index is 12.0. The van der Waals surface area contributed by atoms with E-state index in [9.17, 15) is 4.79 Å². The number of hydrogen-bond donors (Lipinski definition) is 1. The lowest BCUT2D eigenvalue weighted by atomic mass is 10.1. The van der Waals surface area contributed by atoms with Gasteiger partial charge in [0.1, 0.15) is 5.78 Å². The highest BCUT2D eigenvalue weighted by Crippen LogP contribution is 2.05. The van der Waals surface area contributed by atoms with Gasteiger partial charge in [0, 0.05) is 13.0 Å². The van der Waals surface area contributed by atoms with Crippen LogP contribution >= 0.6 is 0 Å². The van der Waals surface area contributed by atoms with E-state index in [-0.39, 0.29) is 12.4 Å². The lowest BCUT2D eigenvalue weighted by Gasteiger charge is -2.02. The van der Waals surface area contributed by atoms with E-state index in [1.807, 2.05) is 42.5 Å². The molecule has 2 rings (SSSR count). The number of rotatable bonds is 8. The molecule has 0 bridgehead atoms. The minimum absolute atomic E-state index is 0.142. The first kappa shape index (κ1) is 15.3. The van der Waals surface area contributed by atoms with E-state index in [0.29, 0.717) is 18.5 Å². The predicted octanol–water partition coefficient (Wildman–Crippen LogP) is 2.15. The summed E-state index contributed by atoms with van der Waals surface area (Å²) >= 11 is 0. The van der Waals surface area contributed by atoms with Gasteiger partial charge in [0.25, 0.3) is 0 Å². The molecule has 0 amide bonds. The van der Waals surface area contributed by atoms with Crippen LogP contribution in [0, 0.1) is 0 Å². The molecule has 110 valence electrons. The van der Waals surface area contributed by atoms with E-state index in [4.69, 9.17) is 5.11 Å². The van der Waals surface area contributed by atoms with Crippen molar-refractivity contribution in [2.45, 2.75) is 32.1 Å². The van der Waals surface area contributed by atoms with Crippen LogP contribution < -0.4 is 0 Å². The number of aliphatic hydroxyl groups is 1. The predicted molar refractivity (Wildman–Crippen MR) is 80.9 cm³/mol. The highest BCUT2D eigenvalue weighted by molar-refractivity contribution is 5.82. The van der Waals surface area contributed by atoms with Crippen LogP contribution in [-0.2, 0) is 24.1 Å². The molecule has 1 aromatic heterocycles. The number of benzene rings is 1. The van der Waals surface area contributed by atoms with Gasteiger partial charge in [-0.05, 0) is 37.0 Å². The van der Waals surface area contributed by atoms with Crippen LogP contribution in [0.25, 0.3) is 0 Å². The zero-order valence-corrected chi connectivity index (χ0v) is 12.0. The average molecular weight is 284 g/mol. The van der Waals surface area contributed by atoms with Crippen molar-refractivity contribution in [3.05, 3.63) is 59.4 Å². The first-order valence-electron chi connectivity index (χ1n) is 7.26. The molecule has 1 heterocycles. The molecule has 21 heavy (non-hydrogen) atoms. The molecule has 0 aliphatic carbocycles. The Hall–Kier alpha value is -2.07. The third-order valence-corrected chi connectivity index (χ3v) is 3.24. The van der Waals surface area contributed by atoms with Crippen molar-refractivity contribution < 1.29 is 9.90 Å². The molecule has 4 heteroatoms. The van der Waals surface area contributed by atoms with Crippen molar-refractivity contribution in [3.8, 4) is 0 Å². The number of aromatic nitrogens is 2. The number of aliphatic hydroxyl groups excluding tert-OH is 1. The quantitative estimate of drug-likeness (QED) is 0.754. The molecular weight excluding hydrogens is 264 g/mol. The minimum Gasteiger partial charge on any atom is -0.396 e. The van der Waals surface area contributed by atoms with Gasteiger partial charge in [-0.2, -0.15) is 10.2 Å². The van der Waals surface area contributed by atoms with E-state index in [2.05, 4.69) is 10.2 Å². The lowest BCUT2D eigenvalue weighted by Crippen LogP contribution is -2.09. The van der Waals surface area contributed by atoms with Crippen LogP contribution in [0.5, 0.6) is 0 Å². The smallest absolute Gasteiger partial charge is 0.143 e. The highest BCUT2D eigenvalue weighted by Gasteiger charge is 2.07. The summed E-state index contributed by atoms with van der Waals surface area (Å²) in [6, 6.07) is 13.5. The maximum atomic E-state index is 12.0. The van der Waals surface area contributed by atoms with Crippen molar-refractivity contribution in [1.82, 2.24) is 10.2 Å². The molecule has 0 aliphatic rings. The largest absolute Gasteiger partial charge is 0.396 e. The Kier molecular flexibility index (Phi) is 6.03. The van der Waals surface area contributed by atoms with Gasteiger partial charge in [-0.25, -0.2) is 0 Å². The molecular formula is C17H20N2O2. The summed E-state index contributed by atoms with van der Waals surface area (Å²) in [5.41, 5.74) is 2.64. The van der Waals surface area contributed by atoms with Gasteiger partial charge in [-0.3, -0.25) is 4.79 Å². The van der Waals surface area contributed by atoms with Gasteiger partial charge in [-0.15, -0.1) is 0 Å². The first-order chi connectivity index (χ1) is 10.3. The third-order valence-electron chi connectivity index (χ3n) is 3.24. The first-order valence-corrected chi connectivity index (χ1v) is 7.26. The normalized spacial score (nSPS) is 10.5. The minimum atomic E-state index is 0.142. The summed E-state index contributed by atoms with van der Waals surface area (Å²) in [6.07, 6.45) is 3.24. The molecule has 0 atom stereocenters. The monoisotopic (exact) mass is 284 g/mol. The highest BCUT2D eigenvalue weighted by atomic mass is 16.2. The fourth-order valence-corrected chi connectivity index (χ4v) is 2.12. The second-order valence-corrected chi connectivity index (χ2v) is 5.07.